The molecule has 11 heteroatoms. The third kappa shape index (κ3) is 4.95. The van der Waals surface area contributed by atoms with Gasteiger partial charge in [-0.2, -0.15) is 0 Å². The number of carbonyl (C=O) groups excluding carboxylic acids is 1. The van der Waals surface area contributed by atoms with E-state index < -0.39 is 10.0 Å². The Bertz CT molecular complexity index is 1390. The Morgan fingerprint density at radius 2 is 1.91 bits per heavy atom. The van der Waals surface area contributed by atoms with Crippen LogP contribution in [0, 0.1) is 0 Å². The number of rotatable bonds is 8. The number of aromatic nitrogens is 4. The van der Waals surface area contributed by atoms with E-state index in [9.17, 15) is 13.2 Å². The first-order chi connectivity index (χ1) is 15.8. The van der Waals surface area contributed by atoms with E-state index in [0.717, 1.165) is 21.8 Å². The lowest BCUT2D eigenvalue weighted by molar-refractivity contribution is -0.121. The Kier molecular flexibility index (Phi) is 6.54. The van der Waals surface area contributed by atoms with Crippen LogP contribution in [0.3, 0.4) is 0 Å². The molecule has 0 aliphatic heterocycles. The predicted octanol–water partition coefficient (Wildman–Crippen LogP) is 2.59. The third-order valence-electron chi connectivity index (χ3n) is 5.26. The number of aryl methyl sites for hydroxylation is 2. The fraction of sp³-hybridized carbons (Fsp3) is 0.273. The zero-order chi connectivity index (χ0) is 23.6. The fourth-order valence-electron chi connectivity index (χ4n) is 3.36. The SMILES string of the molecule is CN(C)S(=O)(=O)c1ccc2c(c1)nc(CCC(=O)NCc1nc(-c3ccncc3)cs1)n2C. The molecule has 1 amide bonds. The summed E-state index contributed by atoms with van der Waals surface area (Å²) in [5.74, 6) is 0.618. The van der Waals surface area contributed by atoms with E-state index in [1.807, 2.05) is 29.1 Å². The van der Waals surface area contributed by atoms with E-state index in [0.29, 0.717) is 24.3 Å². The summed E-state index contributed by atoms with van der Waals surface area (Å²) in [4.78, 5) is 25.7. The fourth-order valence-corrected chi connectivity index (χ4v) is 5.02. The van der Waals surface area contributed by atoms with Gasteiger partial charge in [0.05, 0.1) is 28.2 Å². The number of amides is 1. The van der Waals surface area contributed by atoms with Crippen LogP contribution in [0.25, 0.3) is 22.3 Å². The van der Waals surface area contributed by atoms with Crippen molar-refractivity contribution in [3.05, 3.63) is 58.9 Å². The summed E-state index contributed by atoms with van der Waals surface area (Å²) in [5, 5.41) is 5.69. The maximum absolute atomic E-state index is 12.4. The number of benzene rings is 1. The number of thiazole rings is 1. The number of nitrogens with zero attached hydrogens (tertiary/aromatic N) is 5. The predicted molar refractivity (Wildman–Crippen MR) is 127 cm³/mol. The van der Waals surface area contributed by atoms with Gasteiger partial charge in [-0.3, -0.25) is 9.78 Å². The number of sulfonamides is 1. The van der Waals surface area contributed by atoms with E-state index in [1.165, 1.54) is 29.7 Å². The molecule has 1 N–H and O–H groups in total. The molecule has 0 spiro atoms. The van der Waals surface area contributed by atoms with Crippen molar-refractivity contribution in [1.29, 1.82) is 0 Å². The highest BCUT2D eigenvalue weighted by Gasteiger charge is 2.19. The monoisotopic (exact) mass is 484 g/mol. The summed E-state index contributed by atoms with van der Waals surface area (Å²) in [7, 11) is 1.31. The molecule has 0 bridgehead atoms. The van der Waals surface area contributed by atoms with Crippen LogP contribution < -0.4 is 5.32 Å². The molecule has 0 saturated carbocycles. The van der Waals surface area contributed by atoms with Crippen LogP contribution in [-0.2, 0) is 34.8 Å². The van der Waals surface area contributed by atoms with Gasteiger partial charge in [-0.05, 0) is 30.3 Å². The standard InChI is InChI=1S/C22H24N6O3S2/c1-27(2)33(30,31)16-4-5-19-17(12-16)25-20(28(19)3)6-7-21(29)24-13-22-26-18(14-32-22)15-8-10-23-11-9-15/h4-5,8-12,14H,6-7,13H2,1-3H3,(H,24,29). The zero-order valence-electron chi connectivity index (χ0n) is 18.5. The summed E-state index contributed by atoms with van der Waals surface area (Å²) in [6.45, 7) is 0.364. The van der Waals surface area contributed by atoms with E-state index in [4.69, 9.17) is 0 Å². The average Bonchev–Trinajstić information content (AvgIpc) is 3.41. The number of carbonyl (C=O) groups is 1. The molecule has 3 heterocycles. The normalized spacial score (nSPS) is 11.9. The molecular weight excluding hydrogens is 460 g/mol. The van der Waals surface area contributed by atoms with Crippen molar-refractivity contribution in [2.45, 2.75) is 24.3 Å². The van der Waals surface area contributed by atoms with Crippen molar-refractivity contribution in [3.63, 3.8) is 0 Å². The van der Waals surface area contributed by atoms with Gasteiger partial charge in [0, 0.05) is 57.3 Å². The quantitative estimate of drug-likeness (QED) is 0.412. The van der Waals surface area contributed by atoms with E-state index in [1.54, 1.807) is 30.6 Å². The lowest BCUT2D eigenvalue weighted by Gasteiger charge is -2.10. The summed E-state index contributed by atoms with van der Waals surface area (Å²) in [6.07, 6.45) is 4.15. The molecule has 0 saturated heterocycles. The summed E-state index contributed by atoms with van der Waals surface area (Å²) >= 11 is 1.50. The Hall–Kier alpha value is -3.15. The first-order valence-corrected chi connectivity index (χ1v) is 12.6. The second-order valence-corrected chi connectivity index (χ2v) is 10.8. The number of hydrogen-bond donors (Lipinski definition) is 1. The Morgan fingerprint density at radius 3 is 2.64 bits per heavy atom. The first-order valence-electron chi connectivity index (χ1n) is 10.2. The van der Waals surface area contributed by atoms with Crippen LogP contribution in [0.1, 0.15) is 17.3 Å². The number of imidazole rings is 1. The molecule has 3 aromatic heterocycles. The number of nitrogens with one attached hydrogen (secondary N) is 1. The molecule has 9 nitrogen and oxygen atoms in total. The van der Waals surface area contributed by atoms with Crippen molar-refractivity contribution in [1.82, 2.24) is 29.1 Å². The number of fused-ring (bicyclic) bond motifs is 1. The van der Waals surface area contributed by atoms with Crippen LogP contribution in [0.5, 0.6) is 0 Å². The van der Waals surface area contributed by atoms with Gasteiger partial charge in [0.1, 0.15) is 10.8 Å². The molecule has 0 atom stereocenters. The van der Waals surface area contributed by atoms with Crippen molar-refractivity contribution in [2.24, 2.45) is 7.05 Å². The second-order valence-electron chi connectivity index (χ2n) is 7.66. The second kappa shape index (κ2) is 9.38. The zero-order valence-corrected chi connectivity index (χ0v) is 20.2. The Morgan fingerprint density at radius 1 is 1.15 bits per heavy atom. The lowest BCUT2D eigenvalue weighted by atomic mass is 10.2. The highest BCUT2D eigenvalue weighted by atomic mass is 32.2. The van der Waals surface area contributed by atoms with Gasteiger partial charge in [-0.15, -0.1) is 11.3 Å². The van der Waals surface area contributed by atoms with Gasteiger partial charge < -0.3 is 9.88 Å². The Labute approximate surface area is 196 Å². The summed E-state index contributed by atoms with van der Waals surface area (Å²) in [6, 6.07) is 8.67. The maximum atomic E-state index is 12.4. The van der Waals surface area contributed by atoms with Crippen molar-refractivity contribution in [3.8, 4) is 11.3 Å². The average molecular weight is 485 g/mol. The van der Waals surface area contributed by atoms with Crippen LogP contribution in [0.4, 0.5) is 0 Å². The molecule has 33 heavy (non-hydrogen) atoms. The summed E-state index contributed by atoms with van der Waals surface area (Å²) in [5.41, 5.74) is 3.25. The molecule has 0 fully saturated rings. The van der Waals surface area contributed by atoms with Crippen molar-refractivity contribution in [2.75, 3.05) is 14.1 Å². The van der Waals surface area contributed by atoms with Crippen molar-refractivity contribution < 1.29 is 13.2 Å². The Balaban J connectivity index is 1.38. The van der Waals surface area contributed by atoms with Gasteiger partial charge >= 0.3 is 0 Å². The van der Waals surface area contributed by atoms with E-state index in [2.05, 4.69) is 20.3 Å². The van der Waals surface area contributed by atoms with Gasteiger partial charge in [0.15, 0.2) is 0 Å². The minimum absolute atomic E-state index is 0.0985. The molecule has 0 radical (unpaired) electrons. The van der Waals surface area contributed by atoms with Gasteiger partial charge in [0.25, 0.3) is 0 Å². The third-order valence-corrected chi connectivity index (χ3v) is 7.92. The topological polar surface area (TPSA) is 110 Å². The summed E-state index contributed by atoms with van der Waals surface area (Å²) < 4.78 is 27.8. The molecule has 0 unspecified atom stereocenters. The smallest absolute Gasteiger partial charge is 0.242 e. The van der Waals surface area contributed by atoms with Crippen LogP contribution in [-0.4, -0.2) is 52.2 Å². The van der Waals surface area contributed by atoms with Crippen LogP contribution in [0.2, 0.25) is 0 Å². The molecular formula is C22H24N6O3S2. The minimum Gasteiger partial charge on any atom is -0.350 e. The molecule has 4 aromatic rings. The number of hydrogen-bond acceptors (Lipinski definition) is 7. The number of pyridine rings is 1. The lowest BCUT2D eigenvalue weighted by Crippen LogP contribution is -2.23. The van der Waals surface area contributed by atoms with Gasteiger partial charge in [0.2, 0.25) is 15.9 Å². The van der Waals surface area contributed by atoms with Gasteiger partial charge in [-0.1, -0.05) is 0 Å². The molecule has 172 valence electrons. The van der Waals surface area contributed by atoms with E-state index in [-0.39, 0.29) is 17.2 Å². The molecule has 4 rings (SSSR count). The first kappa shape index (κ1) is 23.0. The highest BCUT2D eigenvalue weighted by Crippen LogP contribution is 2.22. The van der Waals surface area contributed by atoms with Crippen LogP contribution >= 0.6 is 11.3 Å². The van der Waals surface area contributed by atoms with Crippen LogP contribution in [0.15, 0.2) is 53.0 Å². The van der Waals surface area contributed by atoms with Gasteiger partial charge in [-0.25, -0.2) is 22.7 Å². The molecule has 0 aliphatic rings. The minimum atomic E-state index is -3.54. The maximum Gasteiger partial charge on any atom is 0.242 e. The van der Waals surface area contributed by atoms with E-state index >= 15 is 0 Å². The molecule has 0 aliphatic carbocycles. The largest absolute Gasteiger partial charge is 0.350 e. The highest BCUT2D eigenvalue weighted by molar-refractivity contribution is 7.89. The van der Waals surface area contributed by atoms with Crippen molar-refractivity contribution >= 4 is 38.3 Å². The molecule has 1 aromatic carbocycles.